The lowest BCUT2D eigenvalue weighted by Gasteiger charge is -2.16. The maximum Gasteiger partial charge on any atom is 0.213 e. The van der Waals surface area contributed by atoms with Crippen molar-refractivity contribution in [2.75, 3.05) is 6.54 Å². The van der Waals surface area contributed by atoms with Gasteiger partial charge in [0.05, 0.1) is 0 Å². The van der Waals surface area contributed by atoms with Crippen LogP contribution in [0.1, 0.15) is 30.8 Å². The van der Waals surface area contributed by atoms with Crippen molar-refractivity contribution in [3.8, 4) is 0 Å². The van der Waals surface area contributed by atoms with E-state index in [1.807, 2.05) is 12.1 Å². The van der Waals surface area contributed by atoms with E-state index in [1.54, 1.807) is 0 Å². The summed E-state index contributed by atoms with van der Waals surface area (Å²) < 4.78 is 17.5. The third kappa shape index (κ3) is 3.37. The van der Waals surface area contributed by atoms with E-state index < -0.39 is 0 Å². The largest absolute Gasteiger partial charge is 0.343 e. The van der Waals surface area contributed by atoms with Crippen molar-refractivity contribution in [1.29, 1.82) is 0 Å². The molecule has 0 radical (unpaired) electrons. The maximum absolute atomic E-state index is 12.8. The second kappa shape index (κ2) is 6.26. The van der Waals surface area contributed by atoms with Crippen molar-refractivity contribution in [2.24, 2.45) is 0 Å². The Balaban J connectivity index is 1.87. The van der Waals surface area contributed by atoms with E-state index in [1.165, 1.54) is 18.5 Å². The van der Waals surface area contributed by atoms with Crippen molar-refractivity contribution in [3.05, 3.63) is 47.9 Å². The number of halogens is 1. The average molecular weight is 249 g/mol. The molecule has 1 N–H and O–H groups in total. The molecule has 1 atom stereocenters. The second-order valence-corrected chi connectivity index (χ2v) is 4.06. The average Bonchev–Trinajstić information content (AvgIpc) is 2.89. The summed E-state index contributed by atoms with van der Waals surface area (Å²) in [5.74, 6) is 0.483. The van der Waals surface area contributed by atoms with Crippen LogP contribution in [0.2, 0.25) is 0 Å². The summed E-state index contributed by atoms with van der Waals surface area (Å²) in [6.45, 7) is 2.85. The zero-order chi connectivity index (χ0) is 12.8. The normalized spacial score (nSPS) is 12.6. The van der Waals surface area contributed by atoms with E-state index in [-0.39, 0.29) is 11.9 Å². The number of benzene rings is 1. The zero-order valence-corrected chi connectivity index (χ0v) is 10.3. The van der Waals surface area contributed by atoms with Crippen LogP contribution in [0, 0.1) is 5.82 Å². The Morgan fingerprint density at radius 1 is 1.33 bits per heavy atom. The number of hydrogen-bond acceptors (Lipinski definition) is 4. The number of hydrogen-bond donors (Lipinski definition) is 1. The Morgan fingerprint density at radius 3 is 2.72 bits per heavy atom. The van der Waals surface area contributed by atoms with Gasteiger partial charge in [-0.1, -0.05) is 24.2 Å². The predicted octanol–water partition coefficient (Wildman–Crippen LogP) is 2.49. The van der Waals surface area contributed by atoms with Crippen LogP contribution in [0.5, 0.6) is 0 Å². The Kier molecular flexibility index (Phi) is 4.41. The predicted molar refractivity (Wildman–Crippen MR) is 65.4 cm³/mol. The van der Waals surface area contributed by atoms with Gasteiger partial charge in [-0.25, -0.2) is 4.39 Å². The molecule has 96 valence electrons. The van der Waals surface area contributed by atoms with E-state index in [9.17, 15) is 4.39 Å². The summed E-state index contributed by atoms with van der Waals surface area (Å²) >= 11 is 0. The summed E-state index contributed by atoms with van der Waals surface area (Å²) in [5, 5.41) is 7.15. The lowest BCUT2D eigenvalue weighted by atomic mass is 10.0. The third-order valence-corrected chi connectivity index (χ3v) is 2.83. The Labute approximate surface area is 105 Å². The highest BCUT2D eigenvalue weighted by atomic mass is 19.1. The molecule has 5 heteroatoms. The minimum atomic E-state index is -0.208. The Hall–Kier alpha value is -1.75. The Morgan fingerprint density at radius 2 is 2.11 bits per heavy atom. The lowest BCUT2D eigenvalue weighted by molar-refractivity contribution is 0.408. The van der Waals surface area contributed by atoms with Gasteiger partial charge < -0.3 is 9.84 Å². The molecule has 1 aromatic carbocycles. The zero-order valence-electron chi connectivity index (χ0n) is 10.3. The van der Waals surface area contributed by atoms with Gasteiger partial charge in [0, 0.05) is 19.0 Å². The van der Waals surface area contributed by atoms with Gasteiger partial charge in [0.25, 0.3) is 0 Å². The number of aromatic nitrogens is 2. The van der Waals surface area contributed by atoms with Gasteiger partial charge in [-0.05, 0) is 24.1 Å². The first kappa shape index (κ1) is 12.7. The first-order valence-electron chi connectivity index (χ1n) is 6.03. The molecular formula is C13H16FN3O. The standard InChI is InChI=1S/C13H16FN3O/c1-2-12(10-3-5-11(14)6-4-10)15-8-7-13-16-9-18-17-13/h3-6,9,12,15H,2,7-8H2,1H3. The fourth-order valence-corrected chi connectivity index (χ4v) is 1.85. The van der Waals surface area contributed by atoms with Crippen LogP contribution in [0.4, 0.5) is 4.39 Å². The maximum atomic E-state index is 12.8. The molecular weight excluding hydrogens is 233 g/mol. The highest BCUT2D eigenvalue weighted by molar-refractivity contribution is 5.19. The lowest BCUT2D eigenvalue weighted by Crippen LogP contribution is -2.23. The van der Waals surface area contributed by atoms with Crippen molar-refractivity contribution < 1.29 is 8.91 Å². The molecule has 2 aromatic rings. The van der Waals surface area contributed by atoms with E-state index in [0.29, 0.717) is 12.2 Å². The van der Waals surface area contributed by atoms with Crippen molar-refractivity contribution in [3.63, 3.8) is 0 Å². The molecule has 0 aliphatic rings. The molecule has 2 rings (SSSR count). The van der Waals surface area contributed by atoms with Crippen LogP contribution < -0.4 is 5.32 Å². The summed E-state index contributed by atoms with van der Waals surface area (Å²) in [4.78, 5) is 3.96. The SMILES string of the molecule is CCC(NCCc1ncon1)c1ccc(F)cc1. The van der Waals surface area contributed by atoms with Gasteiger partial charge >= 0.3 is 0 Å². The van der Waals surface area contributed by atoms with Crippen LogP contribution in [0.15, 0.2) is 35.2 Å². The van der Waals surface area contributed by atoms with E-state index in [0.717, 1.165) is 18.5 Å². The summed E-state index contributed by atoms with van der Waals surface area (Å²) in [7, 11) is 0. The summed E-state index contributed by atoms with van der Waals surface area (Å²) in [5.41, 5.74) is 1.09. The van der Waals surface area contributed by atoms with Crippen LogP contribution >= 0.6 is 0 Å². The van der Waals surface area contributed by atoms with Gasteiger partial charge in [0.15, 0.2) is 5.82 Å². The molecule has 4 nitrogen and oxygen atoms in total. The van der Waals surface area contributed by atoms with Gasteiger partial charge in [0.1, 0.15) is 5.82 Å². The first-order chi connectivity index (χ1) is 8.79. The molecule has 0 bridgehead atoms. The molecule has 0 saturated heterocycles. The number of nitrogens with one attached hydrogen (secondary N) is 1. The minimum absolute atomic E-state index is 0.208. The third-order valence-electron chi connectivity index (χ3n) is 2.83. The fraction of sp³-hybridized carbons (Fsp3) is 0.385. The van der Waals surface area contributed by atoms with Gasteiger partial charge in [-0.3, -0.25) is 0 Å². The first-order valence-corrected chi connectivity index (χ1v) is 6.03. The van der Waals surface area contributed by atoms with Crippen LogP contribution in [0.3, 0.4) is 0 Å². The van der Waals surface area contributed by atoms with E-state index in [2.05, 4.69) is 26.9 Å². The highest BCUT2D eigenvalue weighted by Gasteiger charge is 2.09. The number of rotatable bonds is 6. The van der Waals surface area contributed by atoms with Crippen LogP contribution in [0.25, 0.3) is 0 Å². The van der Waals surface area contributed by atoms with Crippen molar-refractivity contribution >= 4 is 0 Å². The molecule has 0 amide bonds. The molecule has 0 aliphatic heterocycles. The monoisotopic (exact) mass is 249 g/mol. The Bertz CT molecular complexity index is 456. The molecule has 0 saturated carbocycles. The summed E-state index contributed by atoms with van der Waals surface area (Å²) in [6.07, 6.45) is 2.98. The molecule has 1 aromatic heterocycles. The smallest absolute Gasteiger partial charge is 0.213 e. The van der Waals surface area contributed by atoms with Crippen molar-refractivity contribution in [2.45, 2.75) is 25.8 Å². The van der Waals surface area contributed by atoms with E-state index >= 15 is 0 Å². The summed E-state index contributed by atoms with van der Waals surface area (Å²) in [6, 6.07) is 6.81. The van der Waals surface area contributed by atoms with Crippen LogP contribution in [-0.4, -0.2) is 16.7 Å². The molecule has 18 heavy (non-hydrogen) atoms. The van der Waals surface area contributed by atoms with E-state index in [4.69, 9.17) is 0 Å². The fourth-order valence-electron chi connectivity index (χ4n) is 1.85. The number of nitrogens with zero attached hydrogens (tertiary/aromatic N) is 2. The molecule has 1 unspecified atom stereocenters. The molecule has 0 aliphatic carbocycles. The molecule has 1 heterocycles. The highest BCUT2D eigenvalue weighted by Crippen LogP contribution is 2.16. The molecule has 0 spiro atoms. The molecule has 0 fully saturated rings. The topological polar surface area (TPSA) is 51.0 Å². The van der Waals surface area contributed by atoms with Gasteiger partial charge in [-0.2, -0.15) is 4.98 Å². The van der Waals surface area contributed by atoms with Crippen molar-refractivity contribution in [1.82, 2.24) is 15.5 Å². The van der Waals surface area contributed by atoms with Gasteiger partial charge in [-0.15, -0.1) is 0 Å². The van der Waals surface area contributed by atoms with Crippen LogP contribution in [-0.2, 0) is 6.42 Å². The quantitative estimate of drug-likeness (QED) is 0.854. The van der Waals surface area contributed by atoms with Gasteiger partial charge in [0.2, 0.25) is 6.39 Å². The minimum Gasteiger partial charge on any atom is -0.343 e. The second-order valence-electron chi connectivity index (χ2n) is 4.06.